The van der Waals surface area contributed by atoms with Crippen LogP contribution in [0.2, 0.25) is 10.0 Å². The summed E-state index contributed by atoms with van der Waals surface area (Å²) >= 11 is 12.2. The van der Waals surface area contributed by atoms with Gasteiger partial charge in [0.1, 0.15) is 0 Å². The average molecular weight is 403 g/mol. The first kappa shape index (κ1) is 19.5. The number of benzene rings is 2. The van der Waals surface area contributed by atoms with Crippen molar-refractivity contribution in [3.05, 3.63) is 75.3 Å². The molecule has 0 atom stereocenters. The molecule has 1 N–H and O–H groups in total. The van der Waals surface area contributed by atoms with Crippen LogP contribution in [0.3, 0.4) is 0 Å². The van der Waals surface area contributed by atoms with E-state index >= 15 is 0 Å². The largest absolute Gasteiger partial charge is 0.348 e. The van der Waals surface area contributed by atoms with E-state index in [0.717, 1.165) is 31.5 Å². The van der Waals surface area contributed by atoms with Crippen LogP contribution in [0.4, 0.5) is 0 Å². The molecular formula is C21H20Cl2N2O2. The summed E-state index contributed by atoms with van der Waals surface area (Å²) in [4.78, 5) is 26.4. The number of carbonyl (C=O) groups excluding carboxylic acids is 2. The molecule has 2 aromatic rings. The standard InChI is InChI=1S/C21H20Cl2N2O2/c22-18-7-4-8-19(23)17(18)9-10-20(26)24-14-15-5-3-6-16(13-15)21(27)25-11-1-2-12-25/h3-10,13H,1-2,11-12,14H2,(H,24,26). The third kappa shape index (κ3) is 5.12. The second kappa shape index (κ2) is 9.07. The summed E-state index contributed by atoms with van der Waals surface area (Å²) in [7, 11) is 0. The van der Waals surface area contributed by atoms with Gasteiger partial charge in [-0.3, -0.25) is 9.59 Å². The van der Waals surface area contributed by atoms with Gasteiger partial charge in [-0.15, -0.1) is 0 Å². The lowest BCUT2D eigenvalue weighted by Crippen LogP contribution is -2.27. The molecule has 0 spiro atoms. The van der Waals surface area contributed by atoms with Crippen molar-refractivity contribution in [1.29, 1.82) is 0 Å². The van der Waals surface area contributed by atoms with Crippen LogP contribution in [-0.4, -0.2) is 29.8 Å². The van der Waals surface area contributed by atoms with Gasteiger partial charge in [-0.05, 0) is 48.7 Å². The lowest BCUT2D eigenvalue weighted by Gasteiger charge is -2.15. The molecule has 2 amide bonds. The zero-order valence-electron chi connectivity index (χ0n) is 14.8. The molecule has 0 aromatic heterocycles. The predicted molar refractivity (Wildman–Crippen MR) is 109 cm³/mol. The first-order valence-corrected chi connectivity index (χ1v) is 9.58. The average Bonchev–Trinajstić information content (AvgIpc) is 3.20. The Hall–Kier alpha value is -2.30. The molecule has 0 aliphatic carbocycles. The molecule has 1 heterocycles. The predicted octanol–water partition coefficient (Wildman–Crippen LogP) is 4.56. The summed E-state index contributed by atoms with van der Waals surface area (Å²) in [6, 6.07) is 12.5. The maximum absolute atomic E-state index is 12.5. The highest BCUT2D eigenvalue weighted by Gasteiger charge is 2.19. The van der Waals surface area contributed by atoms with Crippen LogP contribution in [0.1, 0.15) is 34.3 Å². The highest BCUT2D eigenvalue weighted by molar-refractivity contribution is 6.37. The third-order valence-corrected chi connectivity index (χ3v) is 5.09. The maximum Gasteiger partial charge on any atom is 0.253 e. The zero-order valence-corrected chi connectivity index (χ0v) is 16.3. The van der Waals surface area contributed by atoms with Gasteiger partial charge >= 0.3 is 0 Å². The Morgan fingerprint density at radius 1 is 1.04 bits per heavy atom. The quantitative estimate of drug-likeness (QED) is 0.745. The molecule has 0 bridgehead atoms. The van der Waals surface area contributed by atoms with Crippen LogP contribution < -0.4 is 5.32 Å². The number of halogens is 2. The number of rotatable bonds is 5. The Labute approximate surface area is 168 Å². The van der Waals surface area contributed by atoms with Crippen LogP contribution in [0.5, 0.6) is 0 Å². The number of amides is 2. The Morgan fingerprint density at radius 2 is 1.70 bits per heavy atom. The van der Waals surface area contributed by atoms with Crippen LogP contribution >= 0.6 is 23.2 Å². The summed E-state index contributed by atoms with van der Waals surface area (Å²) in [5.74, 6) is -0.212. The molecule has 2 aromatic carbocycles. The zero-order chi connectivity index (χ0) is 19.2. The Kier molecular flexibility index (Phi) is 6.54. The van der Waals surface area contributed by atoms with Gasteiger partial charge in [0.25, 0.3) is 5.91 Å². The molecule has 27 heavy (non-hydrogen) atoms. The molecule has 1 aliphatic rings. The lowest BCUT2D eigenvalue weighted by molar-refractivity contribution is -0.116. The van der Waals surface area contributed by atoms with Crippen LogP contribution in [0, 0.1) is 0 Å². The molecule has 1 aliphatic heterocycles. The van der Waals surface area contributed by atoms with Gasteiger partial charge < -0.3 is 10.2 Å². The van der Waals surface area contributed by atoms with Gasteiger partial charge in [-0.2, -0.15) is 0 Å². The summed E-state index contributed by atoms with van der Waals surface area (Å²) < 4.78 is 0. The van der Waals surface area contributed by atoms with Crippen molar-refractivity contribution in [3.8, 4) is 0 Å². The molecule has 140 valence electrons. The minimum atomic E-state index is -0.262. The van der Waals surface area contributed by atoms with E-state index in [9.17, 15) is 9.59 Å². The van der Waals surface area contributed by atoms with Crippen molar-refractivity contribution in [2.24, 2.45) is 0 Å². The first-order valence-electron chi connectivity index (χ1n) is 8.83. The van der Waals surface area contributed by atoms with Gasteiger partial charge in [0.2, 0.25) is 5.91 Å². The molecule has 3 rings (SSSR count). The Morgan fingerprint density at radius 3 is 2.41 bits per heavy atom. The Bertz CT molecular complexity index is 854. The number of carbonyl (C=O) groups is 2. The normalized spacial score (nSPS) is 13.9. The fraction of sp³-hybridized carbons (Fsp3) is 0.238. The van der Waals surface area contributed by atoms with Crippen molar-refractivity contribution in [2.75, 3.05) is 13.1 Å². The van der Waals surface area contributed by atoms with Crippen molar-refractivity contribution >= 4 is 41.1 Å². The second-order valence-corrected chi connectivity index (χ2v) is 7.20. The molecule has 1 fully saturated rings. The topological polar surface area (TPSA) is 49.4 Å². The SMILES string of the molecule is O=C(C=Cc1c(Cl)cccc1Cl)NCc1cccc(C(=O)N2CCCC2)c1. The maximum atomic E-state index is 12.5. The lowest BCUT2D eigenvalue weighted by atomic mass is 10.1. The van der Waals surface area contributed by atoms with E-state index in [2.05, 4.69) is 5.32 Å². The van der Waals surface area contributed by atoms with Gasteiger partial charge in [-0.1, -0.05) is 41.4 Å². The summed E-state index contributed by atoms with van der Waals surface area (Å²) in [5, 5.41) is 3.78. The number of hydrogen-bond acceptors (Lipinski definition) is 2. The van der Waals surface area contributed by atoms with Gasteiger partial charge in [0, 0.05) is 46.9 Å². The molecule has 4 nitrogen and oxygen atoms in total. The van der Waals surface area contributed by atoms with Crippen LogP contribution in [-0.2, 0) is 11.3 Å². The van der Waals surface area contributed by atoms with E-state index in [-0.39, 0.29) is 11.8 Å². The van der Waals surface area contributed by atoms with E-state index in [0.29, 0.717) is 27.7 Å². The fourth-order valence-corrected chi connectivity index (χ4v) is 3.52. The second-order valence-electron chi connectivity index (χ2n) is 6.39. The van der Waals surface area contributed by atoms with Crippen molar-refractivity contribution in [2.45, 2.75) is 19.4 Å². The molecule has 6 heteroatoms. The Balaban J connectivity index is 1.59. The monoisotopic (exact) mass is 402 g/mol. The molecular weight excluding hydrogens is 383 g/mol. The number of likely N-dealkylation sites (tertiary alicyclic amines) is 1. The van der Waals surface area contributed by atoms with E-state index in [1.807, 2.05) is 29.2 Å². The van der Waals surface area contributed by atoms with Crippen molar-refractivity contribution in [1.82, 2.24) is 10.2 Å². The van der Waals surface area contributed by atoms with Crippen LogP contribution in [0.25, 0.3) is 6.08 Å². The van der Waals surface area contributed by atoms with Crippen molar-refractivity contribution < 1.29 is 9.59 Å². The number of nitrogens with zero attached hydrogens (tertiary/aromatic N) is 1. The van der Waals surface area contributed by atoms with Gasteiger partial charge in [0.05, 0.1) is 0 Å². The molecule has 0 unspecified atom stereocenters. The molecule has 0 radical (unpaired) electrons. The van der Waals surface area contributed by atoms with E-state index < -0.39 is 0 Å². The molecule has 0 saturated carbocycles. The summed E-state index contributed by atoms with van der Waals surface area (Å²) in [6.07, 6.45) is 5.10. The highest BCUT2D eigenvalue weighted by atomic mass is 35.5. The highest BCUT2D eigenvalue weighted by Crippen LogP contribution is 2.25. The fourth-order valence-electron chi connectivity index (χ4n) is 2.99. The third-order valence-electron chi connectivity index (χ3n) is 4.44. The van der Waals surface area contributed by atoms with E-state index in [4.69, 9.17) is 23.2 Å². The van der Waals surface area contributed by atoms with Gasteiger partial charge in [0.15, 0.2) is 0 Å². The minimum Gasteiger partial charge on any atom is -0.348 e. The molecule has 1 saturated heterocycles. The summed E-state index contributed by atoms with van der Waals surface area (Å²) in [5.41, 5.74) is 2.13. The number of hydrogen-bond donors (Lipinski definition) is 1. The van der Waals surface area contributed by atoms with E-state index in [1.165, 1.54) is 6.08 Å². The summed E-state index contributed by atoms with van der Waals surface area (Å²) in [6.45, 7) is 1.96. The minimum absolute atomic E-state index is 0.0499. The van der Waals surface area contributed by atoms with E-state index in [1.54, 1.807) is 24.3 Å². The number of nitrogens with one attached hydrogen (secondary N) is 1. The van der Waals surface area contributed by atoms with Crippen molar-refractivity contribution in [3.63, 3.8) is 0 Å². The smallest absolute Gasteiger partial charge is 0.253 e. The van der Waals surface area contributed by atoms with Gasteiger partial charge in [-0.25, -0.2) is 0 Å². The first-order chi connectivity index (χ1) is 13.0. The van der Waals surface area contributed by atoms with Crippen LogP contribution in [0.15, 0.2) is 48.5 Å².